The summed E-state index contributed by atoms with van der Waals surface area (Å²) in [5, 5.41) is 3.30. The second-order valence-corrected chi connectivity index (χ2v) is 4.90. The number of nitrogens with one attached hydrogen (secondary N) is 1. The Balaban J connectivity index is 1.90. The SMILES string of the molecule is CC(C)Cc1ccc(CNc2cncnc2)cc1. The maximum absolute atomic E-state index is 3.97. The highest BCUT2D eigenvalue weighted by Gasteiger charge is 1.98. The number of aromatic nitrogens is 2. The van der Waals surface area contributed by atoms with E-state index in [1.165, 1.54) is 17.5 Å². The molecule has 0 fully saturated rings. The van der Waals surface area contributed by atoms with Crippen LogP contribution in [0.25, 0.3) is 0 Å². The largest absolute Gasteiger partial charge is 0.378 e. The molecule has 0 aliphatic heterocycles. The van der Waals surface area contributed by atoms with Gasteiger partial charge in [-0.2, -0.15) is 0 Å². The van der Waals surface area contributed by atoms with Gasteiger partial charge in [-0.05, 0) is 23.5 Å². The third-order valence-electron chi connectivity index (χ3n) is 2.72. The predicted octanol–water partition coefficient (Wildman–Crippen LogP) is 3.29. The number of nitrogens with zero attached hydrogens (tertiary/aromatic N) is 2. The summed E-state index contributed by atoms with van der Waals surface area (Å²) in [6.07, 6.45) is 6.23. The van der Waals surface area contributed by atoms with Gasteiger partial charge in [0.25, 0.3) is 0 Å². The van der Waals surface area contributed by atoms with Crippen LogP contribution in [0.15, 0.2) is 43.0 Å². The third-order valence-corrected chi connectivity index (χ3v) is 2.72. The molecule has 0 bridgehead atoms. The topological polar surface area (TPSA) is 37.8 Å². The second kappa shape index (κ2) is 6.15. The summed E-state index contributed by atoms with van der Waals surface area (Å²) in [5.74, 6) is 0.704. The Kier molecular flexibility index (Phi) is 4.29. The Morgan fingerprint density at radius 2 is 1.61 bits per heavy atom. The first-order valence-electron chi connectivity index (χ1n) is 6.31. The first-order chi connectivity index (χ1) is 8.74. The van der Waals surface area contributed by atoms with Crippen molar-refractivity contribution in [1.82, 2.24) is 9.97 Å². The van der Waals surface area contributed by atoms with Gasteiger partial charge in [0, 0.05) is 6.54 Å². The molecule has 94 valence electrons. The third kappa shape index (κ3) is 3.84. The number of hydrogen-bond acceptors (Lipinski definition) is 3. The molecule has 1 heterocycles. The van der Waals surface area contributed by atoms with Crippen LogP contribution in [0.5, 0.6) is 0 Å². The molecule has 1 aromatic heterocycles. The maximum atomic E-state index is 3.97. The molecule has 1 aromatic carbocycles. The molecule has 0 spiro atoms. The fourth-order valence-corrected chi connectivity index (χ4v) is 1.86. The standard InChI is InChI=1S/C15H19N3/c1-12(2)7-13-3-5-14(6-4-13)8-18-15-9-16-11-17-10-15/h3-6,9-12,18H,7-8H2,1-2H3. The van der Waals surface area contributed by atoms with Crippen molar-refractivity contribution in [1.29, 1.82) is 0 Å². The molecule has 0 amide bonds. The minimum Gasteiger partial charge on any atom is -0.378 e. The fourth-order valence-electron chi connectivity index (χ4n) is 1.86. The zero-order chi connectivity index (χ0) is 12.8. The Morgan fingerprint density at radius 3 is 2.22 bits per heavy atom. The van der Waals surface area contributed by atoms with E-state index in [1.54, 1.807) is 12.4 Å². The van der Waals surface area contributed by atoms with Crippen LogP contribution in [0.3, 0.4) is 0 Å². The lowest BCUT2D eigenvalue weighted by Gasteiger charge is -2.08. The zero-order valence-electron chi connectivity index (χ0n) is 10.9. The Morgan fingerprint density at radius 1 is 1.00 bits per heavy atom. The van der Waals surface area contributed by atoms with E-state index >= 15 is 0 Å². The summed E-state index contributed by atoms with van der Waals surface area (Å²) in [7, 11) is 0. The smallest absolute Gasteiger partial charge is 0.115 e. The van der Waals surface area contributed by atoms with Crippen LogP contribution in [0.4, 0.5) is 5.69 Å². The number of rotatable bonds is 5. The van der Waals surface area contributed by atoms with E-state index in [0.717, 1.165) is 18.7 Å². The number of anilines is 1. The summed E-state index contributed by atoms with van der Waals surface area (Å²) in [5.41, 5.74) is 3.62. The average Bonchev–Trinajstić information content (AvgIpc) is 2.38. The van der Waals surface area contributed by atoms with Gasteiger partial charge in [-0.15, -0.1) is 0 Å². The normalized spacial score (nSPS) is 10.6. The molecule has 0 saturated heterocycles. The molecule has 1 N–H and O–H groups in total. The zero-order valence-corrected chi connectivity index (χ0v) is 10.9. The average molecular weight is 241 g/mol. The van der Waals surface area contributed by atoms with E-state index in [-0.39, 0.29) is 0 Å². The van der Waals surface area contributed by atoms with E-state index in [2.05, 4.69) is 53.4 Å². The van der Waals surface area contributed by atoms with Crippen molar-refractivity contribution in [2.45, 2.75) is 26.8 Å². The Labute approximate surface area is 108 Å². The summed E-state index contributed by atoms with van der Waals surface area (Å²) in [6.45, 7) is 5.28. The summed E-state index contributed by atoms with van der Waals surface area (Å²) >= 11 is 0. The Bertz CT molecular complexity index is 463. The predicted molar refractivity (Wildman–Crippen MR) is 74.3 cm³/mol. The van der Waals surface area contributed by atoms with Gasteiger partial charge in [-0.3, -0.25) is 0 Å². The molecule has 0 aliphatic rings. The summed E-state index contributed by atoms with van der Waals surface area (Å²) in [4.78, 5) is 7.94. The van der Waals surface area contributed by atoms with Crippen LogP contribution < -0.4 is 5.32 Å². The van der Waals surface area contributed by atoms with E-state index in [9.17, 15) is 0 Å². The molecule has 0 radical (unpaired) electrons. The van der Waals surface area contributed by atoms with Crippen LogP contribution in [-0.4, -0.2) is 9.97 Å². The molecule has 0 unspecified atom stereocenters. The molecule has 3 nitrogen and oxygen atoms in total. The van der Waals surface area contributed by atoms with Gasteiger partial charge >= 0.3 is 0 Å². The maximum Gasteiger partial charge on any atom is 0.115 e. The molecule has 18 heavy (non-hydrogen) atoms. The van der Waals surface area contributed by atoms with Crippen LogP contribution in [-0.2, 0) is 13.0 Å². The van der Waals surface area contributed by atoms with Crippen LogP contribution in [0, 0.1) is 5.92 Å². The fraction of sp³-hybridized carbons (Fsp3) is 0.333. The Hall–Kier alpha value is -1.90. The lowest BCUT2D eigenvalue weighted by atomic mass is 10.0. The lowest BCUT2D eigenvalue weighted by molar-refractivity contribution is 0.647. The minimum atomic E-state index is 0.704. The van der Waals surface area contributed by atoms with Gasteiger partial charge in [0.15, 0.2) is 0 Å². The van der Waals surface area contributed by atoms with E-state index < -0.39 is 0 Å². The van der Waals surface area contributed by atoms with Crippen molar-refractivity contribution < 1.29 is 0 Å². The highest BCUT2D eigenvalue weighted by Crippen LogP contribution is 2.11. The van der Waals surface area contributed by atoms with Gasteiger partial charge < -0.3 is 5.32 Å². The first kappa shape index (κ1) is 12.6. The van der Waals surface area contributed by atoms with Gasteiger partial charge in [0.1, 0.15) is 6.33 Å². The van der Waals surface area contributed by atoms with Crippen LogP contribution >= 0.6 is 0 Å². The molecule has 2 aromatic rings. The highest BCUT2D eigenvalue weighted by molar-refractivity contribution is 5.38. The van der Waals surface area contributed by atoms with E-state index in [1.807, 2.05) is 0 Å². The lowest BCUT2D eigenvalue weighted by Crippen LogP contribution is -2.00. The summed E-state index contributed by atoms with van der Waals surface area (Å²) in [6, 6.07) is 8.76. The quantitative estimate of drug-likeness (QED) is 0.873. The summed E-state index contributed by atoms with van der Waals surface area (Å²) < 4.78 is 0. The molecular weight excluding hydrogens is 222 g/mol. The van der Waals surface area contributed by atoms with Crippen LogP contribution in [0.2, 0.25) is 0 Å². The molecule has 2 rings (SSSR count). The molecule has 3 heteroatoms. The van der Waals surface area contributed by atoms with E-state index in [0.29, 0.717) is 5.92 Å². The molecule has 0 aliphatic carbocycles. The number of hydrogen-bond donors (Lipinski definition) is 1. The van der Waals surface area contributed by atoms with Crippen molar-refractivity contribution in [3.8, 4) is 0 Å². The van der Waals surface area contributed by atoms with Gasteiger partial charge in [-0.1, -0.05) is 38.1 Å². The van der Waals surface area contributed by atoms with Crippen molar-refractivity contribution in [2.24, 2.45) is 5.92 Å². The molecular formula is C15H19N3. The van der Waals surface area contributed by atoms with Gasteiger partial charge in [0.05, 0.1) is 18.1 Å². The first-order valence-corrected chi connectivity index (χ1v) is 6.31. The molecule has 0 saturated carbocycles. The number of benzene rings is 1. The second-order valence-electron chi connectivity index (χ2n) is 4.90. The van der Waals surface area contributed by atoms with Crippen molar-refractivity contribution in [3.63, 3.8) is 0 Å². The highest BCUT2D eigenvalue weighted by atomic mass is 14.9. The molecule has 0 atom stereocenters. The van der Waals surface area contributed by atoms with Crippen molar-refractivity contribution >= 4 is 5.69 Å². The van der Waals surface area contributed by atoms with Crippen molar-refractivity contribution in [2.75, 3.05) is 5.32 Å². The van der Waals surface area contributed by atoms with Gasteiger partial charge in [0.2, 0.25) is 0 Å². The van der Waals surface area contributed by atoms with Crippen LogP contribution in [0.1, 0.15) is 25.0 Å². The van der Waals surface area contributed by atoms with E-state index in [4.69, 9.17) is 0 Å². The minimum absolute atomic E-state index is 0.704. The van der Waals surface area contributed by atoms with Crippen molar-refractivity contribution in [3.05, 3.63) is 54.1 Å². The monoisotopic (exact) mass is 241 g/mol. The van der Waals surface area contributed by atoms with Gasteiger partial charge in [-0.25, -0.2) is 9.97 Å².